The lowest BCUT2D eigenvalue weighted by Gasteiger charge is -2.38. The third kappa shape index (κ3) is 5.37. The molecule has 0 aromatic heterocycles. The molecule has 31 heavy (non-hydrogen) atoms. The first-order valence-electron chi connectivity index (χ1n) is 11.7. The van der Waals surface area contributed by atoms with Gasteiger partial charge in [0.2, 0.25) is 0 Å². The van der Waals surface area contributed by atoms with E-state index in [2.05, 4.69) is 26.2 Å². The third-order valence-corrected chi connectivity index (χ3v) is 7.29. The number of fused-ring (bicyclic) bond motifs is 1. The van der Waals surface area contributed by atoms with Crippen molar-refractivity contribution in [2.24, 2.45) is 11.7 Å². The van der Waals surface area contributed by atoms with Gasteiger partial charge in [-0.2, -0.15) is 0 Å². The van der Waals surface area contributed by atoms with Crippen LogP contribution in [-0.4, -0.2) is 116 Å². The zero-order chi connectivity index (χ0) is 22.0. The summed E-state index contributed by atoms with van der Waals surface area (Å²) in [4.78, 5) is 4.08. The summed E-state index contributed by atoms with van der Waals surface area (Å²) in [6.07, 6.45) is -0.158. The molecule has 1 saturated carbocycles. The van der Waals surface area contributed by atoms with Crippen LogP contribution in [0, 0.1) is 5.92 Å². The molecule has 0 spiro atoms. The molecule has 11 heteroatoms. The summed E-state index contributed by atoms with van der Waals surface area (Å²) in [5.41, 5.74) is 6.12. The number of aliphatic hydroxyl groups excluding tert-OH is 2. The topological polar surface area (TPSA) is 130 Å². The summed E-state index contributed by atoms with van der Waals surface area (Å²) in [6, 6.07) is 0.00238. The van der Waals surface area contributed by atoms with Crippen molar-refractivity contribution in [3.05, 3.63) is 0 Å². The summed E-state index contributed by atoms with van der Waals surface area (Å²) >= 11 is 0. The molecule has 4 rings (SSSR count). The van der Waals surface area contributed by atoms with Gasteiger partial charge in [-0.05, 0) is 19.9 Å². The first-order chi connectivity index (χ1) is 15.0. The number of halogens is 1. The molecule has 3 heterocycles. The molecule has 0 radical (unpaired) electrons. The summed E-state index contributed by atoms with van der Waals surface area (Å²) < 4.78 is 20.0. The minimum atomic E-state index is -0.988. The summed E-state index contributed by atoms with van der Waals surface area (Å²) in [7, 11) is 1.97. The first kappa shape index (κ1) is 23.7. The molecule has 4 fully saturated rings. The van der Waals surface area contributed by atoms with Crippen molar-refractivity contribution in [2.75, 3.05) is 46.6 Å². The van der Waals surface area contributed by atoms with Crippen LogP contribution in [0.3, 0.4) is 0 Å². The van der Waals surface area contributed by atoms with E-state index in [1.165, 1.54) is 0 Å². The normalized spacial score (nSPS) is 44.1. The van der Waals surface area contributed by atoms with Crippen molar-refractivity contribution in [1.82, 2.24) is 31.1 Å². The van der Waals surface area contributed by atoms with Gasteiger partial charge in [-0.25, -0.2) is 9.29 Å². The van der Waals surface area contributed by atoms with E-state index in [1.54, 1.807) is 0 Å². The van der Waals surface area contributed by atoms with Crippen LogP contribution in [0.25, 0.3) is 0 Å². The van der Waals surface area contributed by atoms with Gasteiger partial charge in [0.05, 0.1) is 25.0 Å². The predicted octanol–water partition coefficient (Wildman–Crippen LogP) is -2.52. The van der Waals surface area contributed by atoms with E-state index in [4.69, 9.17) is 10.5 Å². The van der Waals surface area contributed by atoms with Crippen molar-refractivity contribution in [3.8, 4) is 0 Å². The van der Waals surface area contributed by atoms with Crippen molar-refractivity contribution in [2.45, 2.75) is 74.8 Å². The maximum atomic E-state index is 13.9. The number of hydrogen-bond donors (Lipinski definition) is 7. The van der Waals surface area contributed by atoms with Crippen LogP contribution in [-0.2, 0) is 4.74 Å². The molecule has 9 atom stereocenters. The number of aliphatic hydroxyl groups is 2. The molecule has 5 unspecified atom stereocenters. The maximum absolute atomic E-state index is 13.9. The lowest BCUT2D eigenvalue weighted by molar-refractivity contribution is -0.106. The minimum absolute atomic E-state index is 0.00238. The van der Waals surface area contributed by atoms with Crippen LogP contribution in [0.15, 0.2) is 0 Å². The zero-order valence-corrected chi connectivity index (χ0v) is 18.4. The molecule has 3 aliphatic heterocycles. The van der Waals surface area contributed by atoms with Gasteiger partial charge in [0.1, 0.15) is 30.7 Å². The fraction of sp³-hybridized carbons (Fsp3) is 1.00. The Morgan fingerprint density at radius 3 is 2.81 bits per heavy atom. The second-order valence-electron chi connectivity index (χ2n) is 9.53. The summed E-state index contributed by atoms with van der Waals surface area (Å²) in [5, 5.41) is 34.5. The smallest absolute Gasteiger partial charge is 0.142 e. The SMILES string of the molecule is CN(CCNCC1CCCCC1F)C[C@H]1O[C@@H](N2CNC3C(N)NCNC32)[C@H](O)[C@@H]1O. The molecular weight excluding hydrogens is 405 g/mol. The number of alkyl halides is 1. The third-order valence-electron chi connectivity index (χ3n) is 7.29. The highest BCUT2D eigenvalue weighted by Crippen LogP contribution is 2.29. The van der Waals surface area contributed by atoms with Gasteiger partial charge in [-0.1, -0.05) is 12.8 Å². The van der Waals surface area contributed by atoms with Gasteiger partial charge in [-0.3, -0.25) is 16.0 Å². The first-order valence-corrected chi connectivity index (χ1v) is 11.7. The molecule has 0 aromatic carbocycles. The van der Waals surface area contributed by atoms with Gasteiger partial charge in [0.15, 0.2) is 0 Å². The highest BCUT2D eigenvalue weighted by molar-refractivity contribution is 5.01. The second kappa shape index (κ2) is 10.6. The average molecular weight is 446 g/mol. The van der Waals surface area contributed by atoms with Crippen LogP contribution in [0.2, 0.25) is 0 Å². The molecular formula is C20H40FN7O3. The maximum Gasteiger partial charge on any atom is 0.142 e. The van der Waals surface area contributed by atoms with E-state index >= 15 is 0 Å². The highest BCUT2D eigenvalue weighted by atomic mass is 19.1. The van der Waals surface area contributed by atoms with Gasteiger partial charge in [-0.15, -0.1) is 0 Å². The molecule has 0 bridgehead atoms. The minimum Gasteiger partial charge on any atom is -0.387 e. The molecule has 1 aliphatic carbocycles. The standard InChI is InChI=1S/C20H40FN7O3/c1-27(7-6-23-8-12-4-2-3-5-13(12)21)9-14-16(29)17(30)20(31-14)28-11-26-15-18(22)24-10-25-19(15)28/h12-20,23-26,29-30H,2-11,22H2,1H3/t12?,13?,14-,15?,16-,17-,18?,19?,20-/m1/s1. The van der Waals surface area contributed by atoms with Gasteiger partial charge in [0.25, 0.3) is 0 Å². The van der Waals surface area contributed by atoms with Crippen molar-refractivity contribution < 1.29 is 19.3 Å². The summed E-state index contributed by atoms with van der Waals surface area (Å²) in [5.74, 6) is 0.129. The Hall–Kier alpha value is -0.470. The van der Waals surface area contributed by atoms with Crippen molar-refractivity contribution in [3.63, 3.8) is 0 Å². The number of nitrogens with two attached hydrogens (primary N) is 1. The number of nitrogens with zero attached hydrogens (tertiary/aromatic N) is 2. The largest absolute Gasteiger partial charge is 0.387 e. The molecule has 0 amide bonds. The molecule has 3 saturated heterocycles. The van der Waals surface area contributed by atoms with Crippen molar-refractivity contribution in [1.29, 1.82) is 0 Å². The van der Waals surface area contributed by atoms with Crippen LogP contribution in [0.1, 0.15) is 25.7 Å². The Morgan fingerprint density at radius 1 is 1.19 bits per heavy atom. The Morgan fingerprint density at radius 2 is 2.00 bits per heavy atom. The lowest BCUT2D eigenvalue weighted by atomic mass is 9.87. The molecule has 0 aromatic rings. The highest BCUT2D eigenvalue weighted by Gasteiger charge is 2.51. The van der Waals surface area contributed by atoms with Crippen LogP contribution in [0.5, 0.6) is 0 Å². The number of likely N-dealkylation sites (N-methyl/N-ethyl adjacent to an activating group) is 1. The predicted molar refractivity (Wildman–Crippen MR) is 114 cm³/mol. The summed E-state index contributed by atoms with van der Waals surface area (Å²) in [6.45, 7) is 3.84. The van der Waals surface area contributed by atoms with Crippen molar-refractivity contribution >= 4 is 0 Å². The van der Waals surface area contributed by atoms with Gasteiger partial charge >= 0.3 is 0 Å². The van der Waals surface area contributed by atoms with E-state index in [9.17, 15) is 14.6 Å². The van der Waals surface area contributed by atoms with Crippen LogP contribution < -0.4 is 27.0 Å². The molecule has 10 nitrogen and oxygen atoms in total. The van der Waals surface area contributed by atoms with E-state index < -0.39 is 30.7 Å². The second-order valence-corrected chi connectivity index (χ2v) is 9.53. The molecule has 8 N–H and O–H groups in total. The Labute approximate surface area is 184 Å². The van der Waals surface area contributed by atoms with Crippen LogP contribution in [0.4, 0.5) is 4.39 Å². The number of hydrogen-bond acceptors (Lipinski definition) is 10. The number of ether oxygens (including phenoxy) is 1. The van der Waals surface area contributed by atoms with Crippen LogP contribution >= 0.6 is 0 Å². The Bertz CT molecular complexity index is 579. The fourth-order valence-corrected chi connectivity index (χ4v) is 5.35. The molecule has 180 valence electrons. The average Bonchev–Trinajstić information content (AvgIpc) is 3.30. The van der Waals surface area contributed by atoms with E-state index in [-0.39, 0.29) is 24.3 Å². The van der Waals surface area contributed by atoms with Gasteiger partial charge < -0.3 is 30.9 Å². The monoisotopic (exact) mass is 445 g/mol. The number of nitrogens with one attached hydrogen (secondary N) is 4. The molecule has 4 aliphatic rings. The van der Waals surface area contributed by atoms with Gasteiger partial charge in [0, 0.05) is 38.8 Å². The zero-order valence-electron chi connectivity index (χ0n) is 18.4. The van der Waals surface area contributed by atoms with E-state index in [0.717, 1.165) is 32.4 Å². The number of rotatable bonds is 8. The van der Waals surface area contributed by atoms with E-state index in [0.29, 0.717) is 32.8 Å². The quantitative estimate of drug-likeness (QED) is 0.201. The lowest BCUT2D eigenvalue weighted by Crippen LogP contribution is -2.68. The Kier molecular flexibility index (Phi) is 8.13. The fourth-order valence-electron chi connectivity index (χ4n) is 5.35. The van der Waals surface area contributed by atoms with E-state index in [1.807, 2.05) is 11.9 Å². The Balaban J connectivity index is 1.21.